The summed E-state index contributed by atoms with van der Waals surface area (Å²) in [4.78, 5) is 29.0. The summed E-state index contributed by atoms with van der Waals surface area (Å²) < 4.78 is 122. The van der Waals surface area contributed by atoms with E-state index in [0.29, 0.717) is 12.1 Å². The van der Waals surface area contributed by atoms with E-state index < -0.39 is 84.0 Å². The van der Waals surface area contributed by atoms with Gasteiger partial charge in [-0.2, -0.15) is 30.7 Å². The van der Waals surface area contributed by atoms with Gasteiger partial charge in [0.1, 0.15) is 29.3 Å². The molecule has 2 aromatic carbocycles. The van der Waals surface area contributed by atoms with E-state index in [1.54, 1.807) is 0 Å². The number of ether oxygens (including phenoxy) is 3. The first-order valence-electron chi connectivity index (χ1n) is 12.3. The summed E-state index contributed by atoms with van der Waals surface area (Å²) in [5.41, 5.74) is -2.30. The van der Waals surface area contributed by atoms with Gasteiger partial charge < -0.3 is 30.4 Å². The van der Waals surface area contributed by atoms with E-state index in [4.69, 9.17) is 10.5 Å². The number of nitrogens with two attached hydrogens (primary N) is 1. The number of halogens is 8. The zero-order valence-electron chi connectivity index (χ0n) is 22.2. The minimum absolute atomic E-state index is 0.0458. The number of aliphatic hydroxyl groups is 1. The Labute approximate surface area is 242 Å². The lowest BCUT2D eigenvalue weighted by Gasteiger charge is -2.31. The van der Waals surface area contributed by atoms with Crippen LogP contribution in [-0.4, -0.2) is 54.5 Å². The molecule has 2 atom stereocenters. The largest absolute Gasteiger partial charge is 0.489 e. The number of hydrogen-bond acceptors (Lipinski definition) is 7. The number of amides is 2. The van der Waals surface area contributed by atoms with Crippen LogP contribution in [0, 0.1) is 5.82 Å². The molecular formula is C27H21F8N3O6. The highest BCUT2D eigenvalue weighted by molar-refractivity contribution is 5.95. The molecule has 0 saturated carbocycles. The predicted molar refractivity (Wildman–Crippen MR) is 134 cm³/mol. The number of primary amides is 1. The molecule has 236 valence electrons. The molecule has 3 aromatic rings. The fraction of sp³-hybridized carbons (Fsp3) is 0.296. The summed E-state index contributed by atoms with van der Waals surface area (Å²) >= 11 is 0. The van der Waals surface area contributed by atoms with E-state index in [2.05, 4.69) is 14.5 Å². The standard InChI is InChI=1S/C27H21F8N3O6/c1-25(22(36)40)11-42-20-15(25)9-18(38-19(20)12-2-5-14(28)6-3-12)26(41,27(33,34)35)10-37-21(39)13-4-7-16(43-23(29)30)17(8-13)44-24(31)32/h2-9,23-24,41H,10-11H2,1H3,(H2,36,40)(H,37,39)/t25-,26?/m0/s1. The minimum Gasteiger partial charge on any atom is -0.489 e. The average Bonchev–Trinajstić information content (AvgIpc) is 3.29. The Balaban J connectivity index is 1.76. The summed E-state index contributed by atoms with van der Waals surface area (Å²) in [6, 6.07) is 6.98. The summed E-state index contributed by atoms with van der Waals surface area (Å²) in [7, 11) is 0. The molecule has 4 N–H and O–H groups in total. The van der Waals surface area contributed by atoms with Gasteiger partial charge in [0, 0.05) is 16.7 Å². The molecule has 44 heavy (non-hydrogen) atoms. The van der Waals surface area contributed by atoms with Crippen molar-refractivity contribution in [1.29, 1.82) is 0 Å². The number of hydrogen-bond donors (Lipinski definition) is 3. The quantitative estimate of drug-likeness (QED) is 0.281. The smallest absolute Gasteiger partial charge is 0.424 e. The Morgan fingerprint density at radius 3 is 2.23 bits per heavy atom. The Kier molecular flexibility index (Phi) is 8.64. The maximum absolute atomic E-state index is 14.5. The molecule has 0 spiro atoms. The number of nitrogens with one attached hydrogen (secondary N) is 1. The normalized spacial score (nSPS) is 17.5. The SMILES string of the molecule is C[C@]1(C(N)=O)COc2c1cc(C(O)(CNC(=O)c1ccc(OC(F)F)c(OC(F)F)c1)C(F)(F)F)nc2-c1ccc(F)cc1. The second kappa shape index (κ2) is 11.8. The zero-order chi connectivity index (χ0) is 32.6. The monoisotopic (exact) mass is 635 g/mol. The van der Waals surface area contributed by atoms with Crippen LogP contribution in [0.1, 0.15) is 28.5 Å². The van der Waals surface area contributed by atoms with E-state index in [-0.39, 0.29) is 22.6 Å². The summed E-state index contributed by atoms with van der Waals surface area (Å²) in [6.07, 6.45) is -5.54. The molecule has 0 bridgehead atoms. The van der Waals surface area contributed by atoms with Crippen molar-refractivity contribution in [3.05, 3.63) is 71.2 Å². The number of aromatic nitrogens is 1. The van der Waals surface area contributed by atoms with Gasteiger partial charge in [0.25, 0.3) is 5.91 Å². The van der Waals surface area contributed by atoms with Crippen molar-refractivity contribution in [2.45, 2.75) is 37.3 Å². The molecule has 0 saturated heterocycles. The van der Waals surface area contributed by atoms with Crippen LogP contribution in [0.5, 0.6) is 17.2 Å². The van der Waals surface area contributed by atoms with Gasteiger partial charge in [-0.3, -0.25) is 9.59 Å². The number of rotatable bonds is 10. The summed E-state index contributed by atoms with van der Waals surface area (Å²) in [6.45, 7) is -7.73. The van der Waals surface area contributed by atoms with Gasteiger partial charge in [-0.05, 0) is 55.5 Å². The fourth-order valence-corrected chi connectivity index (χ4v) is 4.28. The molecule has 1 unspecified atom stereocenters. The van der Waals surface area contributed by atoms with Crippen LogP contribution in [0.25, 0.3) is 11.3 Å². The highest BCUT2D eigenvalue weighted by atomic mass is 19.4. The fourth-order valence-electron chi connectivity index (χ4n) is 4.28. The van der Waals surface area contributed by atoms with E-state index in [9.17, 15) is 49.8 Å². The van der Waals surface area contributed by atoms with Crippen LogP contribution < -0.4 is 25.3 Å². The third-order valence-electron chi connectivity index (χ3n) is 6.77. The van der Waals surface area contributed by atoms with Gasteiger partial charge >= 0.3 is 19.4 Å². The summed E-state index contributed by atoms with van der Waals surface area (Å²) in [5, 5.41) is 12.9. The zero-order valence-corrected chi connectivity index (χ0v) is 22.2. The van der Waals surface area contributed by atoms with E-state index in [0.717, 1.165) is 24.3 Å². The molecule has 2 heterocycles. The Hall–Kier alpha value is -4.67. The van der Waals surface area contributed by atoms with Crippen LogP contribution in [0.2, 0.25) is 0 Å². The number of pyridine rings is 1. The molecule has 0 fully saturated rings. The molecule has 0 radical (unpaired) electrons. The van der Waals surface area contributed by atoms with E-state index in [1.165, 1.54) is 19.1 Å². The van der Waals surface area contributed by atoms with Gasteiger partial charge in [0.2, 0.25) is 11.5 Å². The molecule has 1 aliphatic heterocycles. The molecule has 17 heteroatoms. The Bertz CT molecular complexity index is 1570. The lowest BCUT2D eigenvalue weighted by Crippen LogP contribution is -2.51. The van der Waals surface area contributed by atoms with Crippen molar-refractivity contribution in [3.63, 3.8) is 0 Å². The van der Waals surface area contributed by atoms with Crippen molar-refractivity contribution < 1.29 is 64.0 Å². The number of fused-ring (bicyclic) bond motifs is 1. The third kappa shape index (κ3) is 6.17. The van der Waals surface area contributed by atoms with Gasteiger partial charge in [0.15, 0.2) is 11.5 Å². The first-order chi connectivity index (χ1) is 20.5. The second-order valence-electron chi connectivity index (χ2n) is 9.68. The van der Waals surface area contributed by atoms with Gasteiger partial charge in [-0.15, -0.1) is 0 Å². The highest BCUT2D eigenvalue weighted by Crippen LogP contribution is 2.47. The molecule has 0 aliphatic carbocycles. The summed E-state index contributed by atoms with van der Waals surface area (Å²) in [5.74, 6) is -5.10. The molecule has 1 aromatic heterocycles. The van der Waals surface area contributed by atoms with Crippen molar-refractivity contribution in [3.8, 4) is 28.5 Å². The first-order valence-corrected chi connectivity index (χ1v) is 12.3. The van der Waals surface area contributed by atoms with Crippen molar-refractivity contribution in [2.75, 3.05) is 13.2 Å². The van der Waals surface area contributed by atoms with Crippen molar-refractivity contribution in [1.82, 2.24) is 10.3 Å². The minimum atomic E-state index is -5.54. The van der Waals surface area contributed by atoms with Crippen LogP contribution in [0.3, 0.4) is 0 Å². The van der Waals surface area contributed by atoms with Crippen LogP contribution >= 0.6 is 0 Å². The van der Waals surface area contributed by atoms with Crippen LogP contribution in [0.4, 0.5) is 35.1 Å². The average molecular weight is 635 g/mol. The number of alkyl halides is 7. The lowest BCUT2D eigenvalue weighted by atomic mass is 9.81. The van der Waals surface area contributed by atoms with Crippen LogP contribution in [0.15, 0.2) is 48.5 Å². The maximum atomic E-state index is 14.5. The van der Waals surface area contributed by atoms with Gasteiger partial charge in [0.05, 0.1) is 12.2 Å². The number of benzene rings is 2. The Morgan fingerprint density at radius 1 is 1.05 bits per heavy atom. The van der Waals surface area contributed by atoms with E-state index in [1.807, 2.05) is 5.32 Å². The Morgan fingerprint density at radius 2 is 1.66 bits per heavy atom. The molecule has 9 nitrogen and oxygen atoms in total. The molecule has 4 rings (SSSR count). The predicted octanol–water partition coefficient (Wildman–Crippen LogP) is 4.41. The van der Waals surface area contributed by atoms with Crippen molar-refractivity contribution >= 4 is 11.8 Å². The maximum Gasteiger partial charge on any atom is 0.424 e. The van der Waals surface area contributed by atoms with Gasteiger partial charge in [-0.1, -0.05) is 0 Å². The second-order valence-corrected chi connectivity index (χ2v) is 9.68. The molecule has 1 aliphatic rings. The number of nitrogens with zero attached hydrogens (tertiary/aromatic N) is 1. The van der Waals surface area contributed by atoms with Crippen molar-refractivity contribution in [2.24, 2.45) is 5.73 Å². The third-order valence-corrected chi connectivity index (χ3v) is 6.77. The topological polar surface area (TPSA) is 133 Å². The highest BCUT2D eigenvalue weighted by Gasteiger charge is 2.57. The van der Waals surface area contributed by atoms with Gasteiger partial charge in [-0.25, -0.2) is 9.37 Å². The molecular weight excluding hydrogens is 614 g/mol. The number of carbonyl (C=O) groups is 2. The lowest BCUT2D eigenvalue weighted by molar-refractivity contribution is -0.265. The number of carbonyl (C=O) groups excluding carboxylic acids is 2. The van der Waals surface area contributed by atoms with Crippen LogP contribution in [-0.2, 0) is 15.8 Å². The molecule has 2 amide bonds. The van der Waals surface area contributed by atoms with E-state index >= 15 is 0 Å². The first kappa shape index (κ1) is 32.2.